The molecule has 0 aromatic carbocycles. The van der Waals surface area contributed by atoms with E-state index in [1.165, 1.54) is 24.1 Å². The Hall–Kier alpha value is -2.35. The van der Waals surface area contributed by atoms with E-state index < -0.39 is 0 Å². The van der Waals surface area contributed by atoms with E-state index in [0.717, 1.165) is 27.7 Å². The van der Waals surface area contributed by atoms with Crippen LogP contribution in [0.2, 0.25) is 0 Å². The molecule has 3 heterocycles. The van der Waals surface area contributed by atoms with Crippen LogP contribution in [0.4, 0.5) is 0 Å². The molecule has 0 fully saturated rings. The maximum atomic E-state index is 5.39. The summed E-state index contributed by atoms with van der Waals surface area (Å²) in [4.78, 5) is 17.9. The van der Waals surface area contributed by atoms with Gasteiger partial charge in [-0.3, -0.25) is 0 Å². The standard InChI is InChI=1S/C13H13N5O2S/c1-3-8-11(12-16-7-20-18-12)21-13(17-8)9-5-10(19-4-2)15-6-14-9/h5-7H,3-4H2,1-2H3. The quantitative estimate of drug-likeness (QED) is 0.716. The highest BCUT2D eigenvalue weighted by Crippen LogP contribution is 2.33. The third kappa shape index (κ3) is 2.75. The second-order valence-electron chi connectivity index (χ2n) is 4.08. The second-order valence-corrected chi connectivity index (χ2v) is 5.08. The fraction of sp³-hybridized carbons (Fsp3) is 0.308. The zero-order valence-electron chi connectivity index (χ0n) is 11.6. The molecule has 0 bridgehead atoms. The minimum atomic E-state index is 0.539. The molecule has 7 nitrogen and oxygen atoms in total. The first-order valence-electron chi connectivity index (χ1n) is 6.53. The van der Waals surface area contributed by atoms with E-state index in [0.29, 0.717) is 18.3 Å². The van der Waals surface area contributed by atoms with Crippen LogP contribution in [0.25, 0.3) is 21.4 Å². The normalized spacial score (nSPS) is 10.8. The Morgan fingerprint density at radius 3 is 2.86 bits per heavy atom. The number of aromatic nitrogens is 5. The predicted octanol–water partition coefficient (Wildman–Crippen LogP) is 2.61. The lowest BCUT2D eigenvalue weighted by Gasteiger charge is -2.01. The molecule has 0 aliphatic rings. The van der Waals surface area contributed by atoms with Crippen molar-refractivity contribution in [1.29, 1.82) is 0 Å². The molecule has 0 saturated carbocycles. The van der Waals surface area contributed by atoms with Crippen LogP contribution < -0.4 is 4.74 Å². The molecule has 0 saturated heterocycles. The number of nitrogens with zero attached hydrogens (tertiary/aromatic N) is 5. The van der Waals surface area contributed by atoms with Gasteiger partial charge in [0.1, 0.15) is 17.0 Å². The van der Waals surface area contributed by atoms with Gasteiger partial charge < -0.3 is 9.26 Å². The van der Waals surface area contributed by atoms with Crippen molar-refractivity contribution >= 4 is 11.3 Å². The predicted molar refractivity (Wildman–Crippen MR) is 77.0 cm³/mol. The summed E-state index contributed by atoms with van der Waals surface area (Å²) < 4.78 is 10.2. The molecular weight excluding hydrogens is 290 g/mol. The molecule has 3 rings (SSSR count). The van der Waals surface area contributed by atoms with Crippen LogP contribution in [0.3, 0.4) is 0 Å². The van der Waals surface area contributed by atoms with Gasteiger partial charge in [-0.05, 0) is 13.3 Å². The van der Waals surface area contributed by atoms with Gasteiger partial charge in [0, 0.05) is 6.07 Å². The van der Waals surface area contributed by atoms with Gasteiger partial charge in [0.15, 0.2) is 0 Å². The summed E-state index contributed by atoms with van der Waals surface area (Å²) in [5, 5.41) is 4.66. The van der Waals surface area contributed by atoms with E-state index in [4.69, 9.17) is 9.26 Å². The molecule has 0 radical (unpaired) electrons. The number of rotatable bonds is 5. The zero-order chi connectivity index (χ0) is 14.7. The summed E-state index contributed by atoms with van der Waals surface area (Å²) in [5.74, 6) is 1.09. The monoisotopic (exact) mass is 303 g/mol. The number of hydrogen-bond donors (Lipinski definition) is 0. The average molecular weight is 303 g/mol. The number of thiazole rings is 1. The molecule has 0 aliphatic heterocycles. The smallest absolute Gasteiger partial charge is 0.216 e. The maximum absolute atomic E-state index is 5.39. The van der Waals surface area contributed by atoms with Crippen LogP contribution in [0.1, 0.15) is 19.5 Å². The highest BCUT2D eigenvalue weighted by molar-refractivity contribution is 7.18. The van der Waals surface area contributed by atoms with E-state index in [1.807, 2.05) is 13.8 Å². The summed E-state index contributed by atoms with van der Waals surface area (Å²) in [6.07, 6.45) is 3.57. The molecule has 0 spiro atoms. The summed E-state index contributed by atoms with van der Waals surface area (Å²) in [5.41, 5.74) is 1.65. The van der Waals surface area contributed by atoms with Crippen molar-refractivity contribution in [3.63, 3.8) is 0 Å². The lowest BCUT2D eigenvalue weighted by Crippen LogP contribution is -1.95. The Morgan fingerprint density at radius 1 is 1.24 bits per heavy atom. The molecule has 108 valence electrons. The molecule has 0 amide bonds. The Kier molecular flexibility index (Phi) is 3.87. The first-order chi connectivity index (χ1) is 10.3. The molecule has 0 aliphatic carbocycles. The Morgan fingerprint density at radius 2 is 2.14 bits per heavy atom. The molecule has 21 heavy (non-hydrogen) atoms. The van der Waals surface area contributed by atoms with Crippen LogP contribution in [0.15, 0.2) is 23.3 Å². The van der Waals surface area contributed by atoms with Crippen LogP contribution in [0, 0.1) is 0 Å². The van der Waals surface area contributed by atoms with Crippen molar-refractivity contribution in [3.05, 3.63) is 24.5 Å². The van der Waals surface area contributed by atoms with Gasteiger partial charge in [0.25, 0.3) is 0 Å². The molecule has 8 heteroatoms. The minimum absolute atomic E-state index is 0.539. The molecular formula is C13H13N5O2S. The molecule has 0 atom stereocenters. The summed E-state index contributed by atoms with van der Waals surface area (Å²) in [6.45, 7) is 4.51. The van der Waals surface area contributed by atoms with Gasteiger partial charge >= 0.3 is 0 Å². The first-order valence-corrected chi connectivity index (χ1v) is 7.35. The Bertz CT molecular complexity index is 726. The topological polar surface area (TPSA) is 86.8 Å². The van der Waals surface area contributed by atoms with Gasteiger partial charge in [-0.25, -0.2) is 15.0 Å². The SMILES string of the molecule is CCOc1cc(-c2nc(CC)c(-c3ncon3)s2)ncn1. The van der Waals surface area contributed by atoms with E-state index in [-0.39, 0.29) is 0 Å². The van der Waals surface area contributed by atoms with E-state index in [9.17, 15) is 0 Å². The van der Waals surface area contributed by atoms with E-state index in [2.05, 4.69) is 25.1 Å². The average Bonchev–Trinajstić information content (AvgIpc) is 3.17. The van der Waals surface area contributed by atoms with Crippen molar-refractivity contribution in [2.75, 3.05) is 6.61 Å². The van der Waals surface area contributed by atoms with Crippen molar-refractivity contribution < 1.29 is 9.26 Å². The van der Waals surface area contributed by atoms with Crippen LogP contribution in [-0.2, 0) is 6.42 Å². The minimum Gasteiger partial charge on any atom is -0.478 e. The van der Waals surface area contributed by atoms with Crippen molar-refractivity contribution in [2.45, 2.75) is 20.3 Å². The lowest BCUT2D eigenvalue weighted by molar-refractivity contribution is 0.326. The molecule has 0 unspecified atom stereocenters. The Labute approximate surface area is 125 Å². The van der Waals surface area contributed by atoms with Crippen LogP contribution >= 0.6 is 11.3 Å². The summed E-state index contributed by atoms with van der Waals surface area (Å²) in [7, 11) is 0. The summed E-state index contributed by atoms with van der Waals surface area (Å²) >= 11 is 1.48. The van der Waals surface area contributed by atoms with Crippen molar-refractivity contribution in [2.24, 2.45) is 0 Å². The number of ether oxygens (including phenoxy) is 1. The van der Waals surface area contributed by atoms with Gasteiger partial charge in [-0.2, -0.15) is 4.98 Å². The van der Waals surface area contributed by atoms with Crippen LogP contribution in [0.5, 0.6) is 5.88 Å². The fourth-order valence-electron chi connectivity index (χ4n) is 1.83. The van der Waals surface area contributed by atoms with Crippen molar-refractivity contribution in [1.82, 2.24) is 25.1 Å². The molecule has 0 N–H and O–H groups in total. The van der Waals surface area contributed by atoms with Gasteiger partial charge in [-0.15, -0.1) is 11.3 Å². The first kappa shape index (κ1) is 13.6. The van der Waals surface area contributed by atoms with Gasteiger partial charge in [0.05, 0.1) is 17.2 Å². The van der Waals surface area contributed by atoms with E-state index in [1.54, 1.807) is 6.07 Å². The summed E-state index contributed by atoms with van der Waals surface area (Å²) in [6, 6.07) is 1.78. The molecule has 3 aromatic rings. The third-order valence-electron chi connectivity index (χ3n) is 2.75. The highest BCUT2D eigenvalue weighted by Gasteiger charge is 2.17. The zero-order valence-corrected chi connectivity index (χ0v) is 12.4. The van der Waals surface area contributed by atoms with Gasteiger partial charge in [-0.1, -0.05) is 12.1 Å². The Balaban J connectivity index is 2.01. The highest BCUT2D eigenvalue weighted by atomic mass is 32.1. The van der Waals surface area contributed by atoms with E-state index >= 15 is 0 Å². The fourth-order valence-corrected chi connectivity index (χ4v) is 2.88. The lowest BCUT2D eigenvalue weighted by atomic mass is 10.3. The maximum Gasteiger partial charge on any atom is 0.216 e. The number of hydrogen-bond acceptors (Lipinski definition) is 8. The number of aryl methyl sites for hydroxylation is 1. The third-order valence-corrected chi connectivity index (χ3v) is 3.87. The van der Waals surface area contributed by atoms with Crippen LogP contribution in [-0.4, -0.2) is 31.7 Å². The largest absolute Gasteiger partial charge is 0.478 e. The molecule has 3 aromatic heterocycles. The second kappa shape index (κ2) is 5.96. The van der Waals surface area contributed by atoms with Crippen molar-refractivity contribution in [3.8, 4) is 27.3 Å². The van der Waals surface area contributed by atoms with Gasteiger partial charge in [0.2, 0.25) is 18.1 Å².